The van der Waals surface area contributed by atoms with E-state index < -0.39 is 5.60 Å². The maximum Gasteiger partial charge on any atom is 0.120 e. The third-order valence-electron chi connectivity index (χ3n) is 1.70. The van der Waals surface area contributed by atoms with Gasteiger partial charge < -0.3 is 10.2 Å². The van der Waals surface area contributed by atoms with Crippen LogP contribution in [-0.4, -0.2) is 15.8 Å². The summed E-state index contributed by atoms with van der Waals surface area (Å²) >= 11 is 3.33. The predicted octanol–water partition coefficient (Wildman–Crippen LogP) is 2.47. The van der Waals surface area contributed by atoms with E-state index >= 15 is 0 Å². The van der Waals surface area contributed by atoms with E-state index in [1.807, 2.05) is 6.07 Å². The number of phenols is 1. The number of hydrogen-bond donors (Lipinski definition) is 2. The van der Waals surface area contributed by atoms with E-state index in [1.165, 1.54) is 0 Å². The van der Waals surface area contributed by atoms with Gasteiger partial charge >= 0.3 is 0 Å². The number of hydrogen-bond acceptors (Lipinski definition) is 2. The lowest BCUT2D eigenvalue weighted by molar-refractivity contribution is 0.0801. The number of aromatic hydroxyl groups is 1. The van der Waals surface area contributed by atoms with Crippen LogP contribution in [-0.2, 0) is 6.42 Å². The molecule has 2 nitrogen and oxygen atoms in total. The molecule has 2 N–H and O–H groups in total. The molecule has 1 aromatic rings. The summed E-state index contributed by atoms with van der Waals surface area (Å²) in [7, 11) is 0. The SMILES string of the molecule is CC(C)(O)Cc1c(O)cccc1Br. The van der Waals surface area contributed by atoms with E-state index in [-0.39, 0.29) is 5.75 Å². The topological polar surface area (TPSA) is 40.5 Å². The molecule has 0 aliphatic heterocycles. The molecule has 0 aliphatic carbocycles. The van der Waals surface area contributed by atoms with E-state index in [4.69, 9.17) is 0 Å². The first-order valence-corrected chi connectivity index (χ1v) is 4.88. The summed E-state index contributed by atoms with van der Waals surface area (Å²) in [6.45, 7) is 3.43. The second-order valence-electron chi connectivity index (χ2n) is 3.73. The molecule has 1 aromatic carbocycles. The molecule has 0 saturated carbocycles. The van der Waals surface area contributed by atoms with Crippen molar-refractivity contribution >= 4 is 15.9 Å². The maximum atomic E-state index is 9.59. The van der Waals surface area contributed by atoms with Crippen LogP contribution in [0.5, 0.6) is 5.75 Å². The predicted molar refractivity (Wildman–Crippen MR) is 55.8 cm³/mol. The molecule has 0 bridgehead atoms. The first-order valence-electron chi connectivity index (χ1n) is 4.09. The Labute approximate surface area is 86.3 Å². The second kappa shape index (κ2) is 3.68. The average molecular weight is 245 g/mol. The van der Waals surface area contributed by atoms with Crippen molar-refractivity contribution in [2.45, 2.75) is 25.9 Å². The fourth-order valence-corrected chi connectivity index (χ4v) is 1.65. The Morgan fingerprint density at radius 2 is 2.00 bits per heavy atom. The normalized spacial score (nSPS) is 11.7. The largest absolute Gasteiger partial charge is 0.508 e. The van der Waals surface area contributed by atoms with E-state index in [2.05, 4.69) is 15.9 Å². The number of aliphatic hydroxyl groups is 1. The standard InChI is InChI=1S/C10H13BrO2/c1-10(2,13)6-7-8(11)4-3-5-9(7)12/h3-5,12-13H,6H2,1-2H3. The highest BCUT2D eigenvalue weighted by Gasteiger charge is 2.17. The lowest BCUT2D eigenvalue weighted by Crippen LogP contribution is -2.22. The van der Waals surface area contributed by atoms with Crippen molar-refractivity contribution in [1.82, 2.24) is 0 Å². The zero-order valence-electron chi connectivity index (χ0n) is 7.71. The van der Waals surface area contributed by atoms with Gasteiger partial charge in [0.05, 0.1) is 5.60 Å². The highest BCUT2D eigenvalue weighted by Crippen LogP contribution is 2.28. The van der Waals surface area contributed by atoms with Crippen molar-refractivity contribution < 1.29 is 10.2 Å². The van der Waals surface area contributed by atoms with Gasteiger partial charge in [0.2, 0.25) is 0 Å². The molecule has 72 valence electrons. The van der Waals surface area contributed by atoms with E-state index in [0.717, 1.165) is 10.0 Å². The molecule has 3 heteroatoms. The van der Waals surface area contributed by atoms with Crippen LogP contribution in [0.25, 0.3) is 0 Å². The highest BCUT2D eigenvalue weighted by atomic mass is 79.9. The lowest BCUT2D eigenvalue weighted by atomic mass is 9.98. The van der Waals surface area contributed by atoms with Gasteiger partial charge in [0.25, 0.3) is 0 Å². The molecule has 0 fully saturated rings. The monoisotopic (exact) mass is 244 g/mol. The summed E-state index contributed by atoms with van der Waals surface area (Å²) in [6, 6.07) is 5.22. The zero-order valence-corrected chi connectivity index (χ0v) is 9.30. The molecule has 0 unspecified atom stereocenters. The van der Waals surface area contributed by atoms with Crippen LogP contribution in [0.2, 0.25) is 0 Å². The fourth-order valence-electron chi connectivity index (χ4n) is 1.15. The Hall–Kier alpha value is -0.540. The molecule has 0 amide bonds. The van der Waals surface area contributed by atoms with Crippen LogP contribution in [0.15, 0.2) is 22.7 Å². The Bertz CT molecular complexity index is 282. The van der Waals surface area contributed by atoms with Gasteiger partial charge in [-0.05, 0) is 26.0 Å². The Kier molecular flexibility index (Phi) is 2.98. The van der Waals surface area contributed by atoms with Crippen molar-refractivity contribution in [2.24, 2.45) is 0 Å². The van der Waals surface area contributed by atoms with Gasteiger partial charge in [-0.2, -0.15) is 0 Å². The molecule has 13 heavy (non-hydrogen) atoms. The minimum atomic E-state index is -0.804. The summed E-state index contributed by atoms with van der Waals surface area (Å²) in [6.07, 6.45) is 0.431. The smallest absolute Gasteiger partial charge is 0.120 e. The Morgan fingerprint density at radius 1 is 1.38 bits per heavy atom. The van der Waals surface area contributed by atoms with Crippen LogP contribution in [0.4, 0.5) is 0 Å². The number of phenolic OH excluding ortho intramolecular Hbond substituents is 1. The lowest BCUT2D eigenvalue weighted by Gasteiger charge is -2.18. The van der Waals surface area contributed by atoms with E-state index in [9.17, 15) is 10.2 Å². The first kappa shape index (κ1) is 10.5. The van der Waals surface area contributed by atoms with E-state index in [1.54, 1.807) is 26.0 Å². The maximum absolute atomic E-state index is 9.59. The van der Waals surface area contributed by atoms with Crippen LogP contribution in [0, 0.1) is 0 Å². The summed E-state index contributed by atoms with van der Waals surface area (Å²) < 4.78 is 0.828. The van der Waals surface area contributed by atoms with Crippen LogP contribution in [0.3, 0.4) is 0 Å². The van der Waals surface area contributed by atoms with Crippen molar-refractivity contribution in [3.63, 3.8) is 0 Å². The van der Waals surface area contributed by atoms with Gasteiger partial charge in [-0.25, -0.2) is 0 Å². The zero-order chi connectivity index (χ0) is 10.1. The molecular formula is C10H13BrO2. The van der Waals surface area contributed by atoms with Crippen molar-refractivity contribution in [2.75, 3.05) is 0 Å². The van der Waals surface area contributed by atoms with Crippen LogP contribution >= 0.6 is 15.9 Å². The average Bonchev–Trinajstić information content (AvgIpc) is 1.95. The highest BCUT2D eigenvalue weighted by molar-refractivity contribution is 9.10. The summed E-state index contributed by atoms with van der Waals surface area (Å²) in [5.41, 5.74) is -0.0588. The molecule has 0 aliphatic rings. The number of halogens is 1. The van der Waals surface area contributed by atoms with Crippen LogP contribution in [0.1, 0.15) is 19.4 Å². The summed E-state index contributed by atoms with van der Waals surface area (Å²) in [5, 5.41) is 19.1. The number of rotatable bonds is 2. The third kappa shape index (κ3) is 3.01. The molecule has 0 spiro atoms. The van der Waals surface area contributed by atoms with Gasteiger partial charge in [0.1, 0.15) is 5.75 Å². The molecule has 0 atom stereocenters. The second-order valence-corrected chi connectivity index (χ2v) is 4.58. The Morgan fingerprint density at radius 3 is 2.46 bits per heavy atom. The minimum Gasteiger partial charge on any atom is -0.508 e. The van der Waals surface area contributed by atoms with Gasteiger partial charge in [-0.3, -0.25) is 0 Å². The first-order chi connectivity index (χ1) is 5.90. The Balaban J connectivity index is 3.00. The summed E-state index contributed by atoms with van der Waals surface area (Å²) in [5.74, 6) is 0.219. The van der Waals surface area contributed by atoms with Crippen molar-refractivity contribution in [3.05, 3.63) is 28.2 Å². The third-order valence-corrected chi connectivity index (χ3v) is 2.45. The molecule has 0 saturated heterocycles. The van der Waals surface area contributed by atoms with Crippen LogP contribution < -0.4 is 0 Å². The van der Waals surface area contributed by atoms with Gasteiger partial charge in [0.15, 0.2) is 0 Å². The molecule has 0 aromatic heterocycles. The van der Waals surface area contributed by atoms with Crippen molar-refractivity contribution in [3.8, 4) is 5.75 Å². The van der Waals surface area contributed by atoms with E-state index in [0.29, 0.717) is 6.42 Å². The van der Waals surface area contributed by atoms with Gasteiger partial charge in [-0.15, -0.1) is 0 Å². The van der Waals surface area contributed by atoms with Gasteiger partial charge in [-0.1, -0.05) is 22.0 Å². The minimum absolute atomic E-state index is 0.219. The molecular weight excluding hydrogens is 232 g/mol. The van der Waals surface area contributed by atoms with Gasteiger partial charge in [0, 0.05) is 16.5 Å². The fraction of sp³-hybridized carbons (Fsp3) is 0.400. The number of benzene rings is 1. The molecule has 1 rings (SSSR count). The molecule has 0 radical (unpaired) electrons. The summed E-state index contributed by atoms with van der Waals surface area (Å²) in [4.78, 5) is 0. The molecule has 0 heterocycles. The van der Waals surface area contributed by atoms with Crippen molar-refractivity contribution in [1.29, 1.82) is 0 Å². The quantitative estimate of drug-likeness (QED) is 0.840.